The van der Waals surface area contributed by atoms with Crippen LogP contribution >= 0.6 is 11.6 Å². The molecule has 1 aromatic rings. The van der Waals surface area contributed by atoms with Crippen molar-refractivity contribution in [3.05, 3.63) is 38.9 Å². The lowest BCUT2D eigenvalue weighted by Gasteiger charge is -2.31. The first kappa shape index (κ1) is 15.4. The second kappa shape index (κ2) is 5.54. The average Bonchev–Trinajstić information content (AvgIpc) is 2.30. The number of rotatable bonds is 5. The smallest absolute Gasteiger partial charge is 0.323 e. The van der Waals surface area contributed by atoms with Gasteiger partial charge in [0.05, 0.1) is 4.92 Å². The third-order valence-corrected chi connectivity index (χ3v) is 3.36. The maximum absolute atomic E-state index is 11.1. The first-order valence-corrected chi connectivity index (χ1v) is 5.91. The van der Waals surface area contributed by atoms with E-state index >= 15 is 0 Å². The Balaban J connectivity index is 3.06. The number of benzene rings is 1. The fourth-order valence-electron chi connectivity index (χ4n) is 1.46. The lowest BCUT2D eigenvalue weighted by molar-refractivity contribution is -0.385. The quantitative estimate of drug-likeness (QED) is 0.664. The highest BCUT2D eigenvalue weighted by atomic mass is 35.5. The van der Waals surface area contributed by atoms with Gasteiger partial charge >= 0.3 is 5.97 Å². The van der Waals surface area contributed by atoms with Crippen LogP contribution in [0.4, 0.5) is 5.69 Å². The van der Waals surface area contributed by atoms with Crippen LogP contribution in [-0.2, 0) is 11.3 Å². The molecule has 19 heavy (non-hydrogen) atoms. The highest BCUT2D eigenvalue weighted by molar-refractivity contribution is 6.30. The molecule has 1 aromatic carbocycles. The molecule has 0 aromatic heterocycles. The number of nitro groups is 1. The maximum Gasteiger partial charge on any atom is 0.323 e. The molecule has 0 spiro atoms. The number of aliphatic carboxylic acids is 1. The third-order valence-electron chi connectivity index (χ3n) is 3.13. The molecule has 6 nitrogen and oxygen atoms in total. The summed E-state index contributed by atoms with van der Waals surface area (Å²) < 4.78 is 0. The molecule has 104 valence electrons. The van der Waals surface area contributed by atoms with E-state index in [-0.39, 0.29) is 17.3 Å². The van der Waals surface area contributed by atoms with Crippen LogP contribution in [0.5, 0.6) is 0 Å². The molecule has 1 rings (SSSR count). The zero-order chi connectivity index (χ0) is 14.8. The van der Waals surface area contributed by atoms with Crippen molar-refractivity contribution in [2.75, 3.05) is 7.05 Å². The fourth-order valence-corrected chi connectivity index (χ4v) is 1.62. The number of likely N-dealkylation sites (N-methyl/N-ethyl adjacent to an activating group) is 1. The molecule has 0 saturated heterocycles. The predicted octanol–water partition coefficient (Wildman–Crippen LogP) is 2.54. The van der Waals surface area contributed by atoms with Crippen molar-refractivity contribution in [1.29, 1.82) is 0 Å². The number of carboxylic acids is 1. The van der Waals surface area contributed by atoms with Gasteiger partial charge in [-0.05, 0) is 33.0 Å². The van der Waals surface area contributed by atoms with E-state index in [1.807, 2.05) is 0 Å². The van der Waals surface area contributed by atoms with E-state index in [9.17, 15) is 14.9 Å². The Kier molecular flexibility index (Phi) is 4.49. The Morgan fingerprint density at radius 3 is 2.58 bits per heavy atom. The molecule has 0 bridgehead atoms. The lowest BCUT2D eigenvalue weighted by Crippen LogP contribution is -2.47. The van der Waals surface area contributed by atoms with Gasteiger partial charge in [-0.1, -0.05) is 11.6 Å². The van der Waals surface area contributed by atoms with Crippen molar-refractivity contribution < 1.29 is 14.8 Å². The lowest BCUT2D eigenvalue weighted by atomic mass is 10.0. The number of hydrogen-bond acceptors (Lipinski definition) is 4. The summed E-state index contributed by atoms with van der Waals surface area (Å²) in [5.41, 5.74) is -0.806. The average molecular weight is 287 g/mol. The number of halogens is 1. The van der Waals surface area contributed by atoms with Crippen LogP contribution in [-0.4, -0.2) is 33.5 Å². The zero-order valence-electron chi connectivity index (χ0n) is 10.9. The number of carbonyl (C=O) groups is 1. The Morgan fingerprint density at radius 1 is 1.53 bits per heavy atom. The van der Waals surface area contributed by atoms with E-state index in [0.717, 1.165) is 0 Å². The molecular weight excluding hydrogens is 272 g/mol. The van der Waals surface area contributed by atoms with Crippen molar-refractivity contribution in [2.45, 2.75) is 25.9 Å². The first-order chi connectivity index (χ1) is 8.66. The summed E-state index contributed by atoms with van der Waals surface area (Å²) in [5.74, 6) is -0.994. The summed E-state index contributed by atoms with van der Waals surface area (Å²) in [6, 6.07) is 4.35. The normalized spacial score (nSPS) is 11.6. The molecule has 1 N–H and O–H groups in total. The number of hydrogen-bond donors (Lipinski definition) is 1. The van der Waals surface area contributed by atoms with Crippen LogP contribution in [0.2, 0.25) is 5.02 Å². The molecule has 0 heterocycles. The van der Waals surface area contributed by atoms with Crippen LogP contribution in [0.1, 0.15) is 19.4 Å². The van der Waals surface area contributed by atoms with Gasteiger partial charge in [-0.25, -0.2) is 0 Å². The number of carboxylic acid groups (broad SMARTS) is 1. The summed E-state index contributed by atoms with van der Waals surface area (Å²) in [6.45, 7) is 3.22. The van der Waals surface area contributed by atoms with Crippen molar-refractivity contribution in [1.82, 2.24) is 4.90 Å². The molecule has 0 aliphatic heterocycles. The number of nitro benzene ring substituents is 1. The molecule has 0 fully saturated rings. The van der Waals surface area contributed by atoms with Gasteiger partial charge in [-0.2, -0.15) is 0 Å². The summed E-state index contributed by atoms with van der Waals surface area (Å²) >= 11 is 5.73. The van der Waals surface area contributed by atoms with Gasteiger partial charge in [0, 0.05) is 23.2 Å². The predicted molar refractivity (Wildman–Crippen MR) is 71.3 cm³/mol. The van der Waals surface area contributed by atoms with Gasteiger partial charge in [0.1, 0.15) is 5.54 Å². The van der Waals surface area contributed by atoms with E-state index in [1.54, 1.807) is 13.1 Å². The van der Waals surface area contributed by atoms with Crippen LogP contribution in [0, 0.1) is 10.1 Å². The van der Waals surface area contributed by atoms with Crippen LogP contribution in [0.25, 0.3) is 0 Å². The second-order valence-electron chi connectivity index (χ2n) is 4.75. The number of nitrogens with zero attached hydrogens (tertiary/aromatic N) is 2. The van der Waals surface area contributed by atoms with Crippen molar-refractivity contribution >= 4 is 23.3 Å². The van der Waals surface area contributed by atoms with Gasteiger partial charge in [-0.15, -0.1) is 0 Å². The first-order valence-electron chi connectivity index (χ1n) is 5.53. The van der Waals surface area contributed by atoms with E-state index < -0.39 is 16.4 Å². The summed E-state index contributed by atoms with van der Waals surface area (Å²) in [6.07, 6.45) is 0. The van der Waals surface area contributed by atoms with Crippen LogP contribution < -0.4 is 0 Å². The second-order valence-corrected chi connectivity index (χ2v) is 5.19. The fraction of sp³-hybridized carbons (Fsp3) is 0.417. The molecular formula is C12H15ClN2O4. The minimum atomic E-state index is -1.12. The minimum Gasteiger partial charge on any atom is -0.480 e. The maximum atomic E-state index is 11.1. The van der Waals surface area contributed by atoms with E-state index in [0.29, 0.717) is 5.56 Å². The molecule has 7 heteroatoms. The van der Waals surface area contributed by atoms with Crippen molar-refractivity contribution in [3.8, 4) is 0 Å². The minimum absolute atomic E-state index is 0.111. The molecule has 0 aliphatic rings. The van der Waals surface area contributed by atoms with Crippen LogP contribution in [0.15, 0.2) is 18.2 Å². The van der Waals surface area contributed by atoms with Crippen LogP contribution in [0.3, 0.4) is 0 Å². The van der Waals surface area contributed by atoms with Gasteiger partial charge in [-0.3, -0.25) is 19.8 Å². The van der Waals surface area contributed by atoms with Gasteiger partial charge in [0.2, 0.25) is 0 Å². The van der Waals surface area contributed by atoms with E-state index in [2.05, 4.69) is 0 Å². The SMILES string of the molecule is CN(Cc1ccc(Cl)cc1[N+](=O)[O-])C(C)(C)C(=O)O. The highest BCUT2D eigenvalue weighted by Gasteiger charge is 2.33. The largest absolute Gasteiger partial charge is 0.480 e. The molecule has 0 saturated carbocycles. The Morgan fingerprint density at radius 2 is 2.11 bits per heavy atom. The topological polar surface area (TPSA) is 83.7 Å². The van der Waals surface area contributed by atoms with E-state index in [4.69, 9.17) is 16.7 Å². The third kappa shape index (κ3) is 3.42. The summed E-state index contributed by atoms with van der Waals surface area (Å²) in [4.78, 5) is 23.1. The molecule has 0 atom stereocenters. The Bertz CT molecular complexity index is 516. The molecule has 0 amide bonds. The van der Waals surface area contributed by atoms with Crippen molar-refractivity contribution in [2.24, 2.45) is 0 Å². The van der Waals surface area contributed by atoms with Crippen molar-refractivity contribution in [3.63, 3.8) is 0 Å². The highest BCUT2D eigenvalue weighted by Crippen LogP contribution is 2.26. The van der Waals surface area contributed by atoms with Gasteiger partial charge in [0.15, 0.2) is 0 Å². The Hall–Kier alpha value is -1.66. The Labute approximate surface area is 115 Å². The molecule has 0 aliphatic carbocycles. The zero-order valence-corrected chi connectivity index (χ0v) is 11.6. The van der Waals surface area contributed by atoms with Gasteiger partial charge < -0.3 is 5.11 Å². The standard InChI is InChI=1S/C12H15ClN2O4/c1-12(2,11(16)17)14(3)7-8-4-5-9(13)6-10(8)15(18)19/h4-6H,7H2,1-3H3,(H,16,17). The monoisotopic (exact) mass is 286 g/mol. The van der Waals surface area contributed by atoms with Gasteiger partial charge in [0.25, 0.3) is 5.69 Å². The molecule has 0 radical (unpaired) electrons. The molecule has 0 unspecified atom stereocenters. The van der Waals surface area contributed by atoms with E-state index in [1.165, 1.54) is 30.9 Å². The summed E-state index contributed by atoms with van der Waals surface area (Å²) in [7, 11) is 1.60. The summed E-state index contributed by atoms with van der Waals surface area (Å²) in [5, 5.41) is 20.3.